The Labute approximate surface area is 115 Å². The molecule has 1 aromatic rings. The molecule has 0 radical (unpaired) electrons. The van der Waals surface area contributed by atoms with Crippen LogP contribution >= 0.6 is 0 Å². The molecule has 1 N–H and O–H groups in total. The number of carbonyl (C=O) groups excluding carboxylic acids is 1. The van der Waals surface area contributed by atoms with Gasteiger partial charge < -0.3 is 10.2 Å². The van der Waals surface area contributed by atoms with Crippen molar-refractivity contribution in [2.24, 2.45) is 5.41 Å². The van der Waals surface area contributed by atoms with Crippen molar-refractivity contribution in [2.75, 3.05) is 26.2 Å². The average Bonchev–Trinajstić information content (AvgIpc) is 2.89. The van der Waals surface area contributed by atoms with Crippen LogP contribution in [0.3, 0.4) is 0 Å². The second-order valence-corrected chi connectivity index (χ2v) is 5.97. The Bertz CT molecular complexity index is 427. The Kier molecular flexibility index (Phi) is 3.56. The van der Waals surface area contributed by atoms with Crippen LogP contribution in [0.1, 0.15) is 24.8 Å². The maximum atomic E-state index is 12.3. The van der Waals surface area contributed by atoms with Crippen LogP contribution in [0, 0.1) is 5.41 Å². The lowest BCUT2D eigenvalue weighted by Crippen LogP contribution is -2.44. The lowest BCUT2D eigenvalue weighted by atomic mass is 9.78. The normalized spacial score (nSPS) is 21.8. The summed E-state index contributed by atoms with van der Waals surface area (Å²) in [7, 11) is 0. The molecule has 1 spiro atoms. The highest BCUT2D eigenvalue weighted by Crippen LogP contribution is 2.36. The third-order valence-corrected chi connectivity index (χ3v) is 4.71. The number of piperidine rings is 1. The number of rotatable bonds is 2. The zero-order valence-electron chi connectivity index (χ0n) is 11.4. The van der Waals surface area contributed by atoms with E-state index in [4.69, 9.17) is 0 Å². The second kappa shape index (κ2) is 5.33. The van der Waals surface area contributed by atoms with Gasteiger partial charge in [-0.15, -0.1) is 0 Å². The van der Waals surface area contributed by atoms with Crippen LogP contribution in [0.5, 0.6) is 0 Å². The van der Waals surface area contributed by atoms with Gasteiger partial charge in [-0.1, -0.05) is 30.3 Å². The van der Waals surface area contributed by atoms with Crippen molar-refractivity contribution < 1.29 is 4.79 Å². The minimum absolute atomic E-state index is 0.284. The van der Waals surface area contributed by atoms with Crippen LogP contribution in [0.4, 0.5) is 0 Å². The van der Waals surface area contributed by atoms with Gasteiger partial charge in [-0.05, 0) is 36.8 Å². The Morgan fingerprint density at radius 3 is 2.53 bits per heavy atom. The molecule has 0 aliphatic carbocycles. The Hall–Kier alpha value is -1.35. The molecule has 102 valence electrons. The maximum absolute atomic E-state index is 12.3. The number of nitrogens with one attached hydrogen (secondary N) is 1. The van der Waals surface area contributed by atoms with E-state index in [1.807, 2.05) is 30.3 Å². The molecule has 1 amide bonds. The van der Waals surface area contributed by atoms with E-state index in [0.29, 0.717) is 11.8 Å². The fourth-order valence-electron chi connectivity index (χ4n) is 3.34. The first-order valence-corrected chi connectivity index (χ1v) is 7.30. The Balaban J connectivity index is 1.55. The fraction of sp³-hybridized carbons (Fsp3) is 0.562. The number of amides is 1. The summed E-state index contributed by atoms with van der Waals surface area (Å²) in [6.07, 6.45) is 4.17. The van der Waals surface area contributed by atoms with Gasteiger partial charge in [-0.2, -0.15) is 0 Å². The van der Waals surface area contributed by atoms with Crippen LogP contribution in [0.25, 0.3) is 0 Å². The molecular weight excluding hydrogens is 236 g/mol. The van der Waals surface area contributed by atoms with Gasteiger partial charge in [-0.25, -0.2) is 0 Å². The van der Waals surface area contributed by atoms with Crippen molar-refractivity contribution in [3.05, 3.63) is 35.9 Å². The standard InChI is InChI=1S/C16H22N2O/c19-15(12-14-4-2-1-3-5-14)18-10-7-16(8-11-18)6-9-17-13-16/h1-5,17H,6-13H2. The number of hydrogen-bond acceptors (Lipinski definition) is 2. The first kappa shape index (κ1) is 12.7. The van der Waals surface area contributed by atoms with Crippen LogP contribution < -0.4 is 5.32 Å². The van der Waals surface area contributed by atoms with Crippen LogP contribution in [-0.2, 0) is 11.2 Å². The van der Waals surface area contributed by atoms with Gasteiger partial charge in [0, 0.05) is 19.6 Å². The molecule has 2 fully saturated rings. The van der Waals surface area contributed by atoms with E-state index in [1.165, 1.54) is 19.3 Å². The first-order chi connectivity index (χ1) is 9.27. The monoisotopic (exact) mass is 258 g/mol. The van der Waals surface area contributed by atoms with E-state index >= 15 is 0 Å². The van der Waals surface area contributed by atoms with Crippen molar-refractivity contribution in [2.45, 2.75) is 25.7 Å². The van der Waals surface area contributed by atoms with Gasteiger partial charge >= 0.3 is 0 Å². The van der Waals surface area contributed by atoms with Gasteiger partial charge in [0.15, 0.2) is 0 Å². The molecule has 0 atom stereocenters. The first-order valence-electron chi connectivity index (χ1n) is 7.30. The van der Waals surface area contributed by atoms with Gasteiger partial charge in [0.25, 0.3) is 0 Å². The number of hydrogen-bond donors (Lipinski definition) is 1. The smallest absolute Gasteiger partial charge is 0.226 e. The predicted octanol–water partition coefficient (Wildman–Crippen LogP) is 1.83. The molecule has 3 rings (SSSR count). The summed E-state index contributed by atoms with van der Waals surface area (Å²) in [5, 5.41) is 3.46. The Morgan fingerprint density at radius 1 is 1.16 bits per heavy atom. The molecule has 0 unspecified atom stereocenters. The van der Waals surface area contributed by atoms with Gasteiger partial charge in [-0.3, -0.25) is 4.79 Å². The third kappa shape index (κ3) is 2.81. The summed E-state index contributed by atoms with van der Waals surface area (Å²) in [6.45, 7) is 4.17. The van der Waals surface area contributed by atoms with Crippen molar-refractivity contribution in [3.63, 3.8) is 0 Å². The molecule has 0 bridgehead atoms. The molecule has 2 aliphatic heterocycles. The molecule has 0 saturated carbocycles. The van der Waals surface area contributed by atoms with Crippen LogP contribution in [-0.4, -0.2) is 37.0 Å². The third-order valence-electron chi connectivity index (χ3n) is 4.71. The van der Waals surface area contributed by atoms with E-state index in [2.05, 4.69) is 10.2 Å². The van der Waals surface area contributed by atoms with Crippen molar-refractivity contribution in [3.8, 4) is 0 Å². The SMILES string of the molecule is O=C(Cc1ccccc1)N1CCC2(CCNC2)CC1. The summed E-state index contributed by atoms with van der Waals surface area (Å²) in [6, 6.07) is 10.1. The molecule has 1 aromatic carbocycles. The number of benzene rings is 1. The lowest BCUT2D eigenvalue weighted by Gasteiger charge is -2.39. The van der Waals surface area contributed by atoms with Crippen molar-refractivity contribution in [1.29, 1.82) is 0 Å². The highest BCUT2D eigenvalue weighted by molar-refractivity contribution is 5.78. The Morgan fingerprint density at radius 2 is 1.89 bits per heavy atom. The van der Waals surface area contributed by atoms with E-state index in [1.54, 1.807) is 0 Å². The van der Waals surface area contributed by atoms with Crippen molar-refractivity contribution in [1.82, 2.24) is 10.2 Å². The molecule has 0 aromatic heterocycles. The van der Waals surface area contributed by atoms with Gasteiger partial charge in [0.1, 0.15) is 0 Å². The highest BCUT2D eigenvalue weighted by atomic mass is 16.2. The maximum Gasteiger partial charge on any atom is 0.226 e. The zero-order valence-corrected chi connectivity index (χ0v) is 11.4. The molecule has 3 heteroatoms. The summed E-state index contributed by atoms with van der Waals surface area (Å²) in [4.78, 5) is 14.3. The quantitative estimate of drug-likeness (QED) is 0.878. The number of carbonyl (C=O) groups is 1. The molecule has 2 aliphatic rings. The minimum atomic E-state index is 0.284. The molecule has 3 nitrogen and oxygen atoms in total. The minimum Gasteiger partial charge on any atom is -0.342 e. The number of nitrogens with zero attached hydrogens (tertiary/aromatic N) is 1. The molecule has 2 saturated heterocycles. The summed E-state index contributed by atoms with van der Waals surface area (Å²) in [5.41, 5.74) is 1.61. The van der Waals surface area contributed by atoms with E-state index < -0.39 is 0 Å². The lowest BCUT2D eigenvalue weighted by molar-refractivity contribution is -0.132. The van der Waals surface area contributed by atoms with Gasteiger partial charge in [0.05, 0.1) is 6.42 Å². The molecule has 19 heavy (non-hydrogen) atoms. The van der Waals surface area contributed by atoms with Gasteiger partial charge in [0.2, 0.25) is 5.91 Å². The average molecular weight is 258 g/mol. The van der Waals surface area contributed by atoms with Crippen molar-refractivity contribution >= 4 is 5.91 Å². The second-order valence-electron chi connectivity index (χ2n) is 5.97. The molecular formula is C16H22N2O. The highest BCUT2D eigenvalue weighted by Gasteiger charge is 2.37. The van der Waals surface area contributed by atoms with Crippen LogP contribution in [0.15, 0.2) is 30.3 Å². The largest absolute Gasteiger partial charge is 0.342 e. The zero-order chi connectivity index (χ0) is 13.1. The summed E-state index contributed by atoms with van der Waals surface area (Å²) in [5.74, 6) is 0.284. The van der Waals surface area contributed by atoms with E-state index in [-0.39, 0.29) is 5.91 Å². The summed E-state index contributed by atoms with van der Waals surface area (Å²) >= 11 is 0. The topological polar surface area (TPSA) is 32.3 Å². The van der Waals surface area contributed by atoms with E-state index in [9.17, 15) is 4.79 Å². The molecule has 2 heterocycles. The summed E-state index contributed by atoms with van der Waals surface area (Å²) < 4.78 is 0. The fourth-order valence-corrected chi connectivity index (χ4v) is 3.34. The predicted molar refractivity (Wildman–Crippen MR) is 75.9 cm³/mol. The van der Waals surface area contributed by atoms with E-state index in [0.717, 1.165) is 31.7 Å². The van der Waals surface area contributed by atoms with Crippen LogP contribution in [0.2, 0.25) is 0 Å². The number of likely N-dealkylation sites (tertiary alicyclic amines) is 1.